The van der Waals surface area contributed by atoms with Crippen molar-refractivity contribution in [2.45, 2.75) is 32.6 Å². The van der Waals surface area contributed by atoms with Gasteiger partial charge in [0.1, 0.15) is 5.56 Å². The van der Waals surface area contributed by atoms with Crippen LogP contribution in [0.25, 0.3) is 0 Å². The number of H-pyrrole nitrogens is 1. The maximum absolute atomic E-state index is 12.9. The molecule has 1 aliphatic heterocycles. The quantitative estimate of drug-likeness (QED) is 0.819. The van der Waals surface area contributed by atoms with Gasteiger partial charge < -0.3 is 4.90 Å². The van der Waals surface area contributed by atoms with Crippen molar-refractivity contribution in [2.24, 2.45) is 0 Å². The SMILES string of the molecule is Cc1cc(S(=O)(=O)N2CCN(C(=O)c3c(C)c(C)n[nH]c3=O)CC2)c(C)s1. The Bertz CT molecular complexity index is 1050. The van der Waals surface area contributed by atoms with E-state index in [1.807, 2.05) is 6.92 Å². The summed E-state index contributed by atoms with van der Waals surface area (Å²) >= 11 is 1.45. The first-order chi connectivity index (χ1) is 12.6. The van der Waals surface area contributed by atoms with Crippen molar-refractivity contribution in [1.82, 2.24) is 19.4 Å². The number of thiophene rings is 1. The van der Waals surface area contributed by atoms with Gasteiger partial charge in [0.15, 0.2) is 0 Å². The third-order valence-electron chi connectivity index (χ3n) is 4.82. The lowest BCUT2D eigenvalue weighted by atomic mass is 10.1. The molecular weight excluding hydrogens is 388 g/mol. The highest BCUT2D eigenvalue weighted by atomic mass is 32.2. The molecule has 1 aliphatic rings. The Morgan fingerprint density at radius 2 is 1.78 bits per heavy atom. The largest absolute Gasteiger partial charge is 0.336 e. The van der Waals surface area contributed by atoms with Gasteiger partial charge in [-0.2, -0.15) is 9.40 Å². The van der Waals surface area contributed by atoms with Crippen molar-refractivity contribution in [3.8, 4) is 0 Å². The fourth-order valence-electron chi connectivity index (χ4n) is 3.18. The van der Waals surface area contributed by atoms with Gasteiger partial charge in [0, 0.05) is 35.9 Å². The Morgan fingerprint density at radius 3 is 2.33 bits per heavy atom. The van der Waals surface area contributed by atoms with Crippen molar-refractivity contribution in [1.29, 1.82) is 0 Å². The summed E-state index contributed by atoms with van der Waals surface area (Å²) < 4.78 is 27.2. The molecule has 0 aromatic carbocycles. The minimum atomic E-state index is -3.58. The van der Waals surface area contributed by atoms with Gasteiger partial charge in [0.05, 0.1) is 10.6 Å². The smallest absolute Gasteiger partial charge is 0.277 e. The van der Waals surface area contributed by atoms with E-state index in [-0.39, 0.29) is 37.6 Å². The molecule has 10 heteroatoms. The first-order valence-corrected chi connectivity index (χ1v) is 10.8. The number of piperazine rings is 1. The lowest BCUT2D eigenvalue weighted by Gasteiger charge is -2.34. The Labute approximate surface area is 161 Å². The lowest BCUT2D eigenvalue weighted by Crippen LogP contribution is -2.51. The number of nitrogens with zero attached hydrogens (tertiary/aromatic N) is 3. The molecule has 1 N–H and O–H groups in total. The standard InChI is InChI=1S/C17H22N4O4S2/c1-10-9-14(13(4)26-10)27(24,25)21-7-5-20(6-8-21)17(23)15-11(2)12(3)18-19-16(15)22/h9H,5-8H2,1-4H3,(H,19,22). The Balaban J connectivity index is 1.78. The molecule has 0 aliphatic carbocycles. The highest BCUT2D eigenvalue weighted by Gasteiger charge is 2.33. The van der Waals surface area contributed by atoms with E-state index in [2.05, 4.69) is 10.2 Å². The zero-order chi connectivity index (χ0) is 19.9. The van der Waals surface area contributed by atoms with E-state index in [1.54, 1.807) is 26.8 Å². The van der Waals surface area contributed by atoms with Crippen LogP contribution in [0.1, 0.15) is 31.4 Å². The second kappa shape index (κ2) is 7.17. The first kappa shape index (κ1) is 19.7. The van der Waals surface area contributed by atoms with Crippen molar-refractivity contribution >= 4 is 27.3 Å². The van der Waals surface area contributed by atoms with Crippen LogP contribution < -0.4 is 5.56 Å². The number of rotatable bonds is 3. The van der Waals surface area contributed by atoms with Gasteiger partial charge in [-0.15, -0.1) is 11.3 Å². The maximum atomic E-state index is 12.9. The number of carbonyl (C=O) groups is 1. The molecule has 8 nitrogen and oxygen atoms in total. The summed E-state index contributed by atoms with van der Waals surface area (Å²) in [5.74, 6) is -0.390. The molecule has 0 bridgehead atoms. The maximum Gasteiger partial charge on any atom is 0.277 e. The third-order valence-corrected chi connectivity index (χ3v) is 7.94. The van der Waals surface area contributed by atoms with Crippen LogP contribution in [0.5, 0.6) is 0 Å². The molecule has 0 unspecified atom stereocenters. The topological polar surface area (TPSA) is 103 Å². The lowest BCUT2D eigenvalue weighted by molar-refractivity contribution is 0.0695. The van der Waals surface area contributed by atoms with Gasteiger partial charge in [0.25, 0.3) is 11.5 Å². The fourth-order valence-corrected chi connectivity index (χ4v) is 6.12. The zero-order valence-corrected chi connectivity index (χ0v) is 17.3. The molecule has 3 heterocycles. The number of amides is 1. The molecule has 146 valence electrons. The zero-order valence-electron chi connectivity index (χ0n) is 15.7. The molecule has 0 atom stereocenters. The number of aromatic nitrogens is 2. The van der Waals surface area contributed by atoms with Crippen LogP contribution in [0.2, 0.25) is 0 Å². The molecule has 0 radical (unpaired) electrons. The Kier molecular flexibility index (Phi) is 5.24. The van der Waals surface area contributed by atoms with E-state index in [9.17, 15) is 18.0 Å². The van der Waals surface area contributed by atoms with Crippen LogP contribution in [0.4, 0.5) is 0 Å². The second-order valence-corrected chi connectivity index (χ2v) is 9.98. The summed E-state index contributed by atoms with van der Waals surface area (Å²) in [6, 6.07) is 1.69. The van der Waals surface area contributed by atoms with E-state index < -0.39 is 15.6 Å². The Morgan fingerprint density at radius 1 is 1.15 bits per heavy atom. The number of carbonyl (C=O) groups excluding carboxylic acids is 1. The third kappa shape index (κ3) is 3.56. The predicted octanol–water partition coefficient (Wildman–Crippen LogP) is 1.21. The van der Waals surface area contributed by atoms with Crippen molar-refractivity contribution in [3.63, 3.8) is 0 Å². The molecule has 3 rings (SSSR count). The molecule has 0 saturated carbocycles. The van der Waals surface area contributed by atoms with Crippen LogP contribution in [0.15, 0.2) is 15.8 Å². The van der Waals surface area contributed by atoms with Gasteiger partial charge in [-0.25, -0.2) is 13.5 Å². The molecule has 0 spiro atoms. The molecule has 2 aromatic rings. The van der Waals surface area contributed by atoms with Crippen molar-refractivity contribution in [2.75, 3.05) is 26.2 Å². The van der Waals surface area contributed by atoms with E-state index in [0.29, 0.717) is 16.2 Å². The number of aromatic amines is 1. The fraction of sp³-hybridized carbons (Fsp3) is 0.471. The summed E-state index contributed by atoms with van der Waals surface area (Å²) in [6.45, 7) is 7.95. The average molecular weight is 411 g/mol. The molecule has 2 aromatic heterocycles. The van der Waals surface area contributed by atoms with E-state index in [0.717, 1.165) is 9.75 Å². The monoisotopic (exact) mass is 410 g/mol. The van der Waals surface area contributed by atoms with Crippen LogP contribution in [-0.4, -0.2) is 59.9 Å². The molecule has 27 heavy (non-hydrogen) atoms. The number of hydrogen-bond donors (Lipinski definition) is 1. The highest BCUT2D eigenvalue weighted by molar-refractivity contribution is 7.89. The molecule has 1 amide bonds. The van der Waals surface area contributed by atoms with E-state index in [4.69, 9.17) is 0 Å². The number of aryl methyl sites for hydroxylation is 3. The van der Waals surface area contributed by atoms with Crippen LogP contribution in [-0.2, 0) is 10.0 Å². The van der Waals surface area contributed by atoms with Gasteiger partial charge in [-0.3, -0.25) is 9.59 Å². The minimum Gasteiger partial charge on any atom is -0.336 e. The number of sulfonamides is 1. The van der Waals surface area contributed by atoms with E-state index >= 15 is 0 Å². The molecule has 1 saturated heterocycles. The van der Waals surface area contributed by atoms with Gasteiger partial charge >= 0.3 is 0 Å². The highest BCUT2D eigenvalue weighted by Crippen LogP contribution is 2.28. The van der Waals surface area contributed by atoms with Crippen LogP contribution in [0.3, 0.4) is 0 Å². The number of nitrogens with one attached hydrogen (secondary N) is 1. The summed E-state index contributed by atoms with van der Waals surface area (Å²) in [5.41, 5.74) is 0.677. The van der Waals surface area contributed by atoms with Crippen molar-refractivity contribution < 1.29 is 13.2 Å². The number of hydrogen-bond acceptors (Lipinski definition) is 6. The average Bonchev–Trinajstić information content (AvgIpc) is 2.97. The van der Waals surface area contributed by atoms with Gasteiger partial charge in [0.2, 0.25) is 10.0 Å². The summed E-state index contributed by atoms with van der Waals surface area (Å²) in [4.78, 5) is 28.4. The van der Waals surface area contributed by atoms with Gasteiger partial charge in [-0.1, -0.05) is 0 Å². The van der Waals surface area contributed by atoms with E-state index in [1.165, 1.54) is 20.5 Å². The van der Waals surface area contributed by atoms with Crippen molar-refractivity contribution in [3.05, 3.63) is 43.0 Å². The van der Waals surface area contributed by atoms with Crippen LogP contribution in [0, 0.1) is 27.7 Å². The second-order valence-electron chi connectivity index (χ2n) is 6.61. The summed E-state index contributed by atoms with van der Waals surface area (Å²) in [5, 5.41) is 6.19. The van der Waals surface area contributed by atoms with Crippen LogP contribution >= 0.6 is 11.3 Å². The molecular formula is C17H22N4O4S2. The molecule has 1 fully saturated rings. The Hall–Kier alpha value is -2.04. The summed E-state index contributed by atoms with van der Waals surface area (Å²) in [7, 11) is -3.58. The normalized spacial score (nSPS) is 15.9. The first-order valence-electron chi connectivity index (χ1n) is 8.55. The minimum absolute atomic E-state index is 0.0723. The van der Waals surface area contributed by atoms with Gasteiger partial charge in [-0.05, 0) is 39.3 Å². The summed E-state index contributed by atoms with van der Waals surface area (Å²) in [6.07, 6.45) is 0. The predicted molar refractivity (Wildman–Crippen MR) is 103 cm³/mol.